The summed E-state index contributed by atoms with van der Waals surface area (Å²) in [7, 11) is 0. The molecule has 186 valence electrons. The third kappa shape index (κ3) is 5.15. The van der Waals surface area contributed by atoms with Crippen molar-refractivity contribution in [2.45, 2.75) is 57.9 Å². The minimum absolute atomic E-state index is 0.0666. The third-order valence-corrected chi connectivity index (χ3v) is 7.44. The molecule has 3 aromatic rings. The molecule has 1 aliphatic carbocycles. The lowest BCUT2D eigenvalue weighted by Gasteiger charge is -2.41. The summed E-state index contributed by atoms with van der Waals surface area (Å²) in [6.07, 6.45) is 10.9. The number of nitrogens with zero attached hydrogens (tertiary/aromatic N) is 6. The fourth-order valence-corrected chi connectivity index (χ4v) is 5.50. The largest absolute Gasteiger partial charge is 0.340 e. The molecule has 1 saturated carbocycles. The maximum Gasteiger partial charge on any atom is 0.300 e. The predicted molar refractivity (Wildman–Crippen MR) is 131 cm³/mol. The number of piperazine rings is 1. The molecule has 3 heterocycles. The standard InChI is InChI=1S/C26H33FN6O2/c1-19(17-24(34)31-12-10-30(11-13-31)21-7-3-2-4-8-21)16-23-28-29-25-26(35)32(14-15-33(23)25)22-9-5-6-20(27)18-22/h5-6,9,14-15,18-19,21H,2-4,7-8,10-13,16-17H2,1H3. The zero-order valence-corrected chi connectivity index (χ0v) is 20.3. The van der Waals surface area contributed by atoms with Crippen LogP contribution in [0, 0.1) is 11.7 Å². The third-order valence-electron chi connectivity index (χ3n) is 7.44. The van der Waals surface area contributed by atoms with E-state index in [9.17, 15) is 14.0 Å². The Balaban J connectivity index is 1.20. The Hall–Kier alpha value is -3.07. The second-order valence-corrected chi connectivity index (χ2v) is 9.99. The van der Waals surface area contributed by atoms with Crippen molar-refractivity contribution in [2.75, 3.05) is 26.2 Å². The lowest BCUT2D eigenvalue weighted by atomic mass is 9.93. The van der Waals surface area contributed by atoms with Crippen LogP contribution in [0.25, 0.3) is 11.3 Å². The molecule has 0 radical (unpaired) electrons. The monoisotopic (exact) mass is 480 g/mol. The average molecular weight is 481 g/mol. The van der Waals surface area contributed by atoms with Crippen LogP contribution in [0.15, 0.2) is 41.5 Å². The molecule has 0 spiro atoms. The van der Waals surface area contributed by atoms with Gasteiger partial charge in [-0.05, 0) is 37.0 Å². The highest BCUT2D eigenvalue weighted by Gasteiger charge is 2.27. The van der Waals surface area contributed by atoms with E-state index < -0.39 is 5.82 Å². The first-order chi connectivity index (χ1) is 17.0. The molecule has 2 aliphatic rings. The van der Waals surface area contributed by atoms with Crippen molar-refractivity contribution in [3.8, 4) is 5.69 Å². The average Bonchev–Trinajstić information content (AvgIpc) is 3.28. The molecule has 2 aromatic heterocycles. The van der Waals surface area contributed by atoms with E-state index in [-0.39, 0.29) is 23.0 Å². The van der Waals surface area contributed by atoms with Crippen LogP contribution in [-0.4, -0.2) is 67.1 Å². The fourth-order valence-electron chi connectivity index (χ4n) is 5.50. The summed E-state index contributed by atoms with van der Waals surface area (Å²) >= 11 is 0. The van der Waals surface area contributed by atoms with Gasteiger partial charge in [-0.3, -0.25) is 23.5 Å². The van der Waals surface area contributed by atoms with Crippen LogP contribution in [0.3, 0.4) is 0 Å². The van der Waals surface area contributed by atoms with Gasteiger partial charge in [-0.1, -0.05) is 32.3 Å². The van der Waals surface area contributed by atoms with E-state index in [1.54, 1.807) is 28.9 Å². The van der Waals surface area contributed by atoms with E-state index in [0.717, 1.165) is 26.2 Å². The van der Waals surface area contributed by atoms with E-state index in [1.165, 1.54) is 48.8 Å². The first kappa shape index (κ1) is 23.7. The van der Waals surface area contributed by atoms with Gasteiger partial charge in [-0.15, -0.1) is 10.2 Å². The summed E-state index contributed by atoms with van der Waals surface area (Å²) < 4.78 is 16.6. The molecule has 2 fully saturated rings. The summed E-state index contributed by atoms with van der Waals surface area (Å²) in [5, 5.41) is 8.31. The zero-order chi connectivity index (χ0) is 24.4. The highest BCUT2D eigenvalue weighted by atomic mass is 19.1. The van der Waals surface area contributed by atoms with Crippen LogP contribution >= 0.6 is 0 Å². The van der Waals surface area contributed by atoms with Gasteiger partial charge in [0.15, 0.2) is 0 Å². The van der Waals surface area contributed by atoms with Gasteiger partial charge in [0.05, 0.1) is 5.69 Å². The normalized spacial score (nSPS) is 18.7. The highest BCUT2D eigenvalue weighted by molar-refractivity contribution is 5.76. The van der Waals surface area contributed by atoms with Gasteiger partial charge in [0, 0.05) is 57.5 Å². The molecule has 1 amide bonds. The van der Waals surface area contributed by atoms with Crippen LogP contribution in [0.4, 0.5) is 4.39 Å². The van der Waals surface area contributed by atoms with Gasteiger partial charge < -0.3 is 4.90 Å². The number of fused-ring (bicyclic) bond motifs is 1. The molecule has 1 aliphatic heterocycles. The van der Waals surface area contributed by atoms with Crippen molar-refractivity contribution in [2.24, 2.45) is 5.92 Å². The minimum atomic E-state index is -0.412. The topological polar surface area (TPSA) is 75.7 Å². The van der Waals surface area contributed by atoms with Crippen molar-refractivity contribution in [1.29, 1.82) is 0 Å². The molecule has 5 rings (SSSR count). The molecule has 1 saturated heterocycles. The van der Waals surface area contributed by atoms with Gasteiger partial charge in [0.2, 0.25) is 11.6 Å². The number of carbonyl (C=O) groups is 1. The Morgan fingerprint density at radius 2 is 1.86 bits per heavy atom. The van der Waals surface area contributed by atoms with Crippen LogP contribution in [0.2, 0.25) is 0 Å². The lowest BCUT2D eigenvalue weighted by molar-refractivity contribution is -0.134. The minimum Gasteiger partial charge on any atom is -0.340 e. The molecule has 1 atom stereocenters. The SMILES string of the molecule is CC(CC(=O)N1CCN(C2CCCCC2)CC1)Cc1nnc2c(=O)n(-c3cccc(F)c3)ccn12. The van der Waals surface area contributed by atoms with E-state index in [1.807, 2.05) is 11.8 Å². The van der Waals surface area contributed by atoms with Crippen molar-refractivity contribution in [3.05, 3.63) is 58.7 Å². The Bertz CT molecular complexity index is 1240. The summed E-state index contributed by atoms with van der Waals surface area (Å²) in [6, 6.07) is 6.57. The Morgan fingerprint density at radius 1 is 1.09 bits per heavy atom. The molecular formula is C26H33FN6O2. The second kappa shape index (κ2) is 10.3. The number of amides is 1. The molecule has 9 heteroatoms. The van der Waals surface area contributed by atoms with E-state index >= 15 is 0 Å². The van der Waals surface area contributed by atoms with Gasteiger partial charge in [0.25, 0.3) is 0 Å². The molecule has 0 N–H and O–H groups in total. The first-order valence-electron chi connectivity index (χ1n) is 12.7. The van der Waals surface area contributed by atoms with Crippen molar-refractivity contribution >= 4 is 11.6 Å². The van der Waals surface area contributed by atoms with Gasteiger partial charge in [0.1, 0.15) is 11.6 Å². The van der Waals surface area contributed by atoms with E-state index in [2.05, 4.69) is 15.1 Å². The summed E-state index contributed by atoms with van der Waals surface area (Å²) in [5.74, 6) is 0.483. The van der Waals surface area contributed by atoms with E-state index in [4.69, 9.17) is 0 Å². The number of halogens is 1. The van der Waals surface area contributed by atoms with Gasteiger partial charge >= 0.3 is 5.56 Å². The maximum absolute atomic E-state index is 13.6. The van der Waals surface area contributed by atoms with E-state index in [0.29, 0.717) is 30.4 Å². The van der Waals surface area contributed by atoms with Gasteiger partial charge in [-0.2, -0.15) is 0 Å². The molecule has 8 nitrogen and oxygen atoms in total. The number of rotatable bonds is 6. The zero-order valence-electron chi connectivity index (χ0n) is 20.3. The van der Waals surface area contributed by atoms with Crippen LogP contribution < -0.4 is 5.56 Å². The Labute approximate surface area is 204 Å². The highest BCUT2D eigenvalue weighted by Crippen LogP contribution is 2.24. The molecule has 1 aromatic carbocycles. The Morgan fingerprint density at radius 3 is 2.60 bits per heavy atom. The summed E-state index contributed by atoms with van der Waals surface area (Å²) in [5.41, 5.74) is 0.255. The summed E-state index contributed by atoms with van der Waals surface area (Å²) in [6.45, 7) is 5.57. The maximum atomic E-state index is 13.6. The smallest absolute Gasteiger partial charge is 0.300 e. The van der Waals surface area contributed by atoms with Crippen molar-refractivity contribution in [3.63, 3.8) is 0 Å². The van der Waals surface area contributed by atoms with Gasteiger partial charge in [-0.25, -0.2) is 4.39 Å². The molecule has 35 heavy (non-hydrogen) atoms. The van der Waals surface area contributed by atoms with Crippen LogP contribution in [-0.2, 0) is 11.2 Å². The van der Waals surface area contributed by atoms with Crippen LogP contribution in [0.1, 0.15) is 51.3 Å². The van der Waals surface area contributed by atoms with Crippen molar-refractivity contribution in [1.82, 2.24) is 29.0 Å². The number of carbonyl (C=O) groups excluding carboxylic acids is 1. The second-order valence-electron chi connectivity index (χ2n) is 9.99. The van der Waals surface area contributed by atoms with Crippen molar-refractivity contribution < 1.29 is 9.18 Å². The fraction of sp³-hybridized carbons (Fsp3) is 0.538. The molecule has 0 bridgehead atoms. The quantitative estimate of drug-likeness (QED) is 0.542. The lowest BCUT2D eigenvalue weighted by Crippen LogP contribution is -2.52. The molecule has 1 unspecified atom stereocenters. The Kier molecular flexibility index (Phi) is 6.95. The molecular weight excluding hydrogens is 447 g/mol. The number of hydrogen-bond acceptors (Lipinski definition) is 5. The first-order valence-corrected chi connectivity index (χ1v) is 12.7. The summed E-state index contributed by atoms with van der Waals surface area (Å²) in [4.78, 5) is 30.4. The predicted octanol–water partition coefficient (Wildman–Crippen LogP) is 3.06. The number of benzene rings is 1. The number of hydrogen-bond donors (Lipinski definition) is 0. The number of aromatic nitrogens is 4. The van der Waals surface area contributed by atoms with Crippen LogP contribution in [0.5, 0.6) is 0 Å².